The van der Waals surface area contributed by atoms with Crippen molar-refractivity contribution in [3.8, 4) is 11.5 Å². The minimum absolute atomic E-state index is 0.182. The number of carbonyl (C=O) groups is 1. The maximum atomic E-state index is 12.1. The Labute approximate surface area is 148 Å². The molecule has 0 bridgehead atoms. The summed E-state index contributed by atoms with van der Waals surface area (Å²) in [5.41, 5.74) is 1.99. The number of aromatic nitrogens is 1. The van der Waals surface area contributed by atoms with E-state index in [0.29, 0.717) is 23.7 Å². The lowest BCUT2D eigenvalue weighted by atomic mass is 10.1. The highest BCUT2D eigenvalue weighted by molar-refractivity contribution is 5.92. The molecule has 0 unspecified atom stereocenters. The number of benzene rings is 1. The van der Waals surface area contributed by atoms with Crippen molar-refractivity contribution < 1.29 is 14.3 Å². The van der Waals surface area contributed by atoms with Crippen molar-refractivity contribution in [2.45, 2.75) is 32.9 Å². The first-order chi connectivity index (χ1) is 11.8. The zero-order chi connectivity index (χ0) is 18.4. The first-order valence-electron chi connectivity index (χ1n) is 8.06. The quantitative estimate of drug-likeness (QED) is 0.842. The van der Waals surface area contributed by atoms with Crippen LogP contribution in [0.15, 0.2) is 36.5 Å². The molecular formula is C19H25N3O3. The summed E-state index contributed by atoms with van der Waals surface area (Å²) in [6.45, 7) is 6.41. The summed E-state index contributed by atoms with van der Waals surface area (Å²) < 4.78 is 10.5. The molecule has 0 aliphatic heterocycles. The van der Waals surface area contributed by atoms with E-state index in [9.17, 15) is 4.79 Å². The highest BCUT2D eigenvalue weighted by Gasteiger charge is 2.16. The van der Waals surface area contributed by atoms with Crippen LogP contribution in [-0.2, 0) is 6.54 Å². The number of nitrogens with zero attached hydrogens (tertiary/aromatic N) is 1. The van der Waals surface area contributed by atoms with E-state index in [4.69, 9.17) is 9.47 Å². The normalized spacial score (nSPS) is 10.9. The van der Waals surface area contributed by atoms with Crippen LogP contribution in [0.25, 0.3) is 0 Å². The number of rotatable bonds is 6. The van der Waals surface area contributed by atoms with Crippen LogP contribution in [-0.4, -0.2) is 30.6 Å². The number of nitrogens with one attached hydrogen (secondary N) is 2. The average molecular weight is 343 g/mol. The second kappa shape index (κ2) is 7.88. The van der Waals surface area contributed by atoms with Crippen LogP contribution in [0.4, 0.5) is 5.69 Å². The highest BCUT2D eigenvalue weighted by Crippen LogP contribution is 2.27. The summed E-state index contributed by atoms with van der Waals surface area (Å²) in [6.07, 6.45) is 1.65. The summed E-state index contributed by atoms with van der Waals surface area (Å²) in [4.78, 5) is 16.3. The van der Waals surface area contributed by atoms with Gasteiger partial charge in [-0.1, -0.05) is 6.07 Å². The molecule has 0 spiro atoms. The van der Waals surface area contributed by atoms with Gasteiger partial charge in [0.05, 0.1) is 26.1 Å². The van der Waals surface area contributed by atoms with Gasteiger partial charge in [0, 0.05) is 12.1 Å². The molecule has 1 heterocycles. The van der Waals surface area contributed by atoms with Gasteiger partial charge in [-0.25, -0.2) is 4.98 Å². The smallest absolute Gasteiger partial charge is 0.270 e. The van der Waals surface area contributed by atoms with Gasteiger partial charge in [0.25, 0.3) is 5.91 Å². The lowest BCUT2D eigenvalue weighted by Gasteiger charge is -2.20. The summed E-state index contributed by atoms with van der Waals surface area (Å²) in [7, 11) is 3.22. The topological polar surface area (TPSA) is 72.5 Å². The van der Waals surface area contributed by atoms with Gasteiger partial charge in [-0.2, -0.15) is 0 Å². The third kappa shape index (κ3) is 5.38. The van der Waals surface area contributed by atoms with E-state index >= 15 is 0 Å². The van der Waals surface area contributed by atoms with Gasteiger partial charge in [-0.15, -0.1) is 0 Å². The van der Waals surface area contributed by atoms with Crippen molar-refractivity contribution in [2.24, 2.45) is 0 Å². The monoisotopic (exact) mass is 343 g/mol. The van der Waals surface area contributed by atoms with Gasteiger partial charge in [-0.05, 0) is 50.6 Å². The largest absolute Gasteiger partial charge is 0.493 e. The molecule has 6 nitrogen and oxygen atoms in total. The molecule has 0 radical (unpaired) electrons. The van der Waals surface area contributed by atoms with E-state index in [2.05, 4.69) is 15.6 Å². The van der Waals surface area contributed by atoms with Gasteiger partial charge >= 0.3 is 0 Å². The predicted octanol–water partition coefficient (Wildman–Crippen LogP) is 3.24. The van der Waals surface area contributed by atoms with Crippen molar-refractivity contribution in [3.63, 3.8) is 0 Å². The second-order valence-corrected chi connectivity index (χ2v) is 6.68. The Morgan fingerprint density at radius 3 is 2.36 bits per heavy atom. The molecule has 0 aliphatic carbocycles. The number of ether oxygens (including phenoxy) is 2. The fraction of sp³-hybridized carbons (Fsp3) is 0.368. The summed E-state index contributed by atoms with van der Waals surface area (Å²) in [6, 6.07) is 9.30. The molecule has 0 aliphatic rings. The van der Waals surface area contributed by atoms with E-state index in [-0.39, 0.29) is 11.4 Å². The molecule has 134 valence electrons. The molecule has 2 rings (SSSR count). The number of pyridine rings is 1. The van der Waals surface area contributed by atoms with E-state index in [0.717, 1.165) is 11.3 Å². The van der Waals surface area contributed by atoms with Crippen LogP contribution >= 0.6 is 0 Å². The van der Waals surface area contributed by atoms with Crippen molar-refractivity contribution in [2.75, 3.05) is 19.5 Å². The molecule has 6 heteroatoms. The van der Waals surface area contributed by atoms with E-state index in [1.165, 1.54) is 0 Å². The summed E-state index contributed by atoms with van der Waals surface area (Å²) in [5, 5.41) is 6.16. The standard InChI is InChI=1S/C19H25N3O3/c1-19(2,3)22-18(23)15-8-7-14(12-21-15)20-11-13-6-9-16(24-4)17(10-13)25-5/h6-10,12,20H,11H2,1-5H3,(H,22,23). The lowest BCUT2D eigenvalue weighted by molar-refractivity contribution is 0.0914. The molecule has 0 fully saturated rings. The Hall–Kier alpha value is -2.76. The van der Waals surface area contributed by atoms with Crippen molar-refractivity contribution in [3.05, 3.63) is 47.8 Å². The third-order valence-electron chi connectivity index (χ3n) is 3.43. The predicted molar refractivity (Wildman–Crippen MR) is 98.3 cm³/mol. The van der Waals surface area contributed by atoms with E-state index in [1.54, 1.807) is 26.5 Å². The van der Waals surface area contributed by atoms with Crippen LogP contribution in [0, 0.1) is 0 Å². The van der Waals surface area contributed by atoms with Gasteiger partial charge in [0.2, 0.25) is 0 Å². The molecule has 25 heavy (non-hydrogen) atoms. The third-order valence-corrected chi connectivity index (χ3v) is 3.43. The zero-order valence-corrected chi connectivity index (χ0v) is 15.3. The SMILES string of the molecule is COc1ccc(CNc2ccc(C(=O)NC(C)(C)C)nc2)cc1OC. The number of carbonyl (C=O) groups excluding carboxylic acids is 1. The van der Waals surface area contributed by atoms with Crippen LogP contribution < -0.4 is 20.1 Å². The number of methoxy groups -OCH3 is 2. The Balaban J connectivity index is 1.99. The molecule has 1 aromatic heterocycles. The molecule has 0 atom stereocenters. The Morgan fingerprint density at radius 1 is 1.08 bits per heavy atom. The number of hydrogen-bond donors (Lipinski definition) is 2. The molecule has 0 saturated carbocycles. The average Bonchev–Trinajstić information content (AvgIpc) is 2.58. The van der Waals surface area contributed by atoms with Crippen LogP contribution in [0.5, 0.6) is 11.5 Å². The number of hydrogen-bond acceptors (Lipinski definition) is 5. The van der Waals surface area contributed by atoms with Crippen molar-refractivity contribution >= 4 is 11.6 Å². The minimum Gasteiger partial charge on any atom is -0.493 e. The Kier molecular flexibility index (Phi) is 5.85. The van der Waals surface area contributed by atoms with Crippen LogP contribution in [0.1, 0.15) is 36.8 Å². The summed E-state index contributed by atoms with van der Waals surface area (Å²) in [5.74, 6) is 1.20. The minimum atomic E-state index is -0.289. The molecular weight excluding hydrogens is 318 g/mol. The molecule has 0 saturated heterocycles. The Bertz CT molecular complexity index is 722. The molecule has 1 aromatic carbocycles. The van der Waals surface area contributed by atoms with E-state index < -0.39 is 0 Å². The van der Waals surface area contributed by atoms with Crippen molar-refractivity contribution in [1.29, 1.82) is 0 Å². The van der Waals surface area contributed by atoms with Crippen molar-refractivity contribution in [1.82, 2.24) is 10.3 Å². The zero-order valence-electron chi connectivity index (χ0n) is 15.3. The second-order valence-electron chi connectivity index (χ2n) is 6.68. The fourth-order valence-corrected chi connectivity index (χ4v) is 2.23. The first kappa shape index (κ1) is 18.6. The van der Waals surface area contributed by atoms with Gasteiger partial charge < -0.3 is 20.1 Å². The maximum absolute atomic E-state index is 12.1. The summed E-state index contributed by atoms with van der Waals surface area (Å²) >= 11 is 0. The van der Waals surface area contributed by atoms with Gasteiger partial charge in [-0.3, -0.25) is 4.79 Å². The number of anilines is 1. The molecule has 2 N–H and O–H groups in total. The molecule has 1 amide bonds. The first-order valence-corrected chi connectivity index (χ1v) is 8.06. The van der Waals surface area contributed by atoms with Crippen LogP contribution in [0.2, 0.25) is 0 Å². The molecule has 2 aromatic rings. The lowest BCUT2D eigenvalue weighted by Crippen LogP contribution is -2.40. The Morgan fingerprint density at radius 2 is 1.80 bits per heavy atom. The van der Waals surface area contributed by atoms with E-state index in [1.807, 2.05) is 45.0 Å². The van der Waals surface area contributed by atoms with Crippen LogP contribution in [0.3, 0.4) is 0 Å². The van der Waals surface area contributed by atoms with Gasteiger partial charge in [0.1, 0.15) is 5.69 Å². The maximum Gasteiger partial charge on any atom is 0.270 e. The highest BCUT2D eigenvalue weighted by atomic mass is 16.5. The van der Waals surface area contributed by atoms with Gasteiger partial charge in [0.15, 0.2) is 11.5 Å². The fourth-order valence-electron chi connectivity index (χ4n) is 2.23. The number of amides is 1.